The molecule has 0 aliphatic heterocycles. The summed E-state index contributed by atoms with van der Waals surface area (Å²) in [7, 11) is 0. The second-order valence-electron chi connectivity index (χ2n) is 9.02. The maximum atomic E-state index is 13.2. The number of nitrogens with zero attached hydrogens (tertiary/aromatic N) is 1. The number of aromatic amines is 1. The van der Waals surface area contributed by atoms with Gasteiger partial charge in [0.2, 0.25) is 11.7 Å². The second kappa shape index (κ2) is 10.9. The molecule has 3 N–H and O–H groups in total. The van der Waals surface area contributed by atoms with Crippen LogP contribution >= 0.6 is 0 Å². The summed E-state index contributed by atoms with van der Waals surface area (Å²) in [4.78, 5) is 49.8. The normalized spacial score (nSPS) is 19.3. The minimum Gasteiger partial charge on any atom is -0.384 e. The first-order valence-corrected chi connectivity index (χ1v) is 11.3. The molecule has 1 aliphatic rings. The van der Waals surface area contributed by atoms with Gasteiger partial charge in [-0.2, -0.15) is 13.2 Å². The Morgan fingerprint density at radius 2 is 1.80 bits per heavy atom. The molecule has 1 fully saturated rings. The lowest BCUT2D eigenvalue weighted by Gasteiger charge is -2.32. The summed E-state index contributed by atoms with van der Waals surface area (Å²) in [6.45, 7) is 3.72. The highest BCUT2D eigenvalue weighted by Gasteiger charge is 2.36. The Bertz CT molecular complexity index is 1110. The smallest absolute Gasteiger partial charge is 0.384 e. The molecule has 0 spiro atoms. The molecule has 1 aliphatic carbocycles. The SMILES string of the molecule is CC(C)CC(NC(=O)[C@@H]1CCCC[C@@H]1NC(=O)c1ccc(C(F)(F)F)cc1)C(=O)c1n[nH]c(=O)o1. The molecule has 35 heavy (non-hydrogen) atoms. The van der Waals surface area contributed by atoms with Crippen molar-refractivity contribution < 1.29 is 32.0 Å². The van der Waals surface area contributed by atoms with E-state index in [2.05, 4.69) is 15.7 Å². The number of H-pyrrole nitrogens is 1. The van der Waals surface area contributed by atoms with Crippen molar-refractivity contribution in [2.75, 3.05) is 0 Å². The zero-order valence-corrected chi connectivity index (χ0v) is 19.3. The Morgan fingerprint density at radius 1 is 1.14 bits per heavy atom. The third-order valence-corrected chi connectivity index (χ3v) is 5.88. The van der Waals surface area contributed by atoms with E-state index in [-0.39, 0.29) is 17.9 Å². The number of rotatable bonds is 8. The Hall–Kier alpha value is -3.44. The minimum atomic E-state index is -4.51. The maximum absolute atomic E-state index is 13.2. The first-order chi connectivity index (χ1) is 16.5. The fourth-order valence-corrected chi connectivity index (χ4v) is 4.15. The number of ketones is 1. The Balaban J connectivity index is 1.71. The van der Waals surface area contributed by atoms with Crippen LogP contribution in [0.5, 0.6) is 0 Å². The molecule has 0 radical (unpaired) electrons. The predicted octanol–water partition coefficient (Wildman–Crippen LogP) is 3.08. The molecular weight excluding hydrogens is 469 g/mol. The van der Waals surface area contributed by atoms with E-state index in [9.17, 15) is 32.3 Å². The minimum absolute atomic E-state index is 0.0245. The average molecular weight is 496 g/mol. The van der Waals surface area contributed by atoms with E-state index in [0.717, 1.165) is 37.1 Å². The lowest BCUT2D eigenvalue weighted by atomic mass is 9.83. The number of nitrogens with one attached hydrogen (secondary N) is 3. The van der Waals surface area contributed by atoms with Crippen LogP contribution in [0.4, 0.5) is 13.2 Å². The lowest BCUT2D eigenvalue weighted by Crippen LogP contribution is -2.52. The molecule has 0 bridgehead atoms. The number of amides is 2. The molecule has 3 rings (SSSR count). The van der Waals surface area contributed by atoms with E-state index < -0.39 is 59.0 Å². The van der Waals surface area contributed by atoms with E-state index in [1.165, 1.54) is 0 Å². The van der Waals surface area contributed by atoms with Crippen LogP contribution in [0.3, 0.4) is 0 Å². The van der Waals surface area contributed by atoms with E-state index in [1.807, 2.05) is 18.9 Å². The van der Waals surface area contributed by atoms with Gasteiger partial charge in [0, 0.05) is 11.6 Å². The molecule has 1 heterocycles. The molecule has 1 aromatic carbocycles. The maximum Gasteiger partial charge on any atom is 0.434 e. The molecule has 1 unspecified atom stereocenters. The number of hydrogen-bond acceptors (Lipinski definition) is 6. The van der Waals surface area contributed by atoms with E-state index >= 15 is 0 Å². The largest absolute Gasteiger partial charge is 0.434 e. The number of aromatic nitrogens is 2. The monoisotopic (exact) mass is 496 g/mol. The lowest BCUT2D eigenvalue weighted by molar-refractivity contribution is -0.137. The van der Waals surface area contributed by atoms with Gasteiger partial charge in [0.05, 0.1) is 17.5 Å². The van der Waals surface area contributed by atoms with Crippen molar-refractivity contribution in [3.05, 3.63) is 51.8 Å². The van der Waals surface area contributed by atoms with Gasteiger partial charge in [0.15, 0.2) is 0 Å². The van der Waals surface area contributed by atoms with E-state index in [4.69, 9.17) is 4.42 Å². The highest BCUT2D eigenvalue weighted by molar-refractivity contribution is 5.99. The summed E-state index contributed by atoms with van der Waals surface area (Å²) < 4.78 is 43.1. The highest BCUT2D eigenvalue weighted by atomic mass is 19.4. The number of alkyl halides is 3. The van der Waals surface area contributed by atoms with Crippen molar-refractivity contribution in [1.29, 1.82) is 0 Å². The third-order valence-electron chi connectivity index (χ3n) is 5.88. The van der Waals surface area contributed by atoms with Gasteiger partial charge in [-0.3, -0.25) is 14.4 Å². The summed E-state index contributed by atoms with van der Waals surface area (Å²) in [6, 6.07) is 2.29. The van der Waals surface area contributed by atoms with Crippen LogP contribution in [-0.2, 0) is 11.0 Å². The molecular formula is C23H27F3N4O5. The fraction of sp³-hybridized carbons (Fsp3) is 0.522. The van der Waals surface area contributed by atoms with Crippen LogP contribution in [0.2, 0.25) is 0 Å². The van der Waals surface area contributed by atoms with Crippen LogP contribution in [0.1, 0.15) is 72.6 Å². The van der Waals surface area contributed by atoms with Crippen molar-refractivity contribution in [2.45, 2.75) is 64.2 Å². The topological polar surface area (TPSA) is 134 Å². The van der Waals surface area contributed by atoms with Gasteiger partial charge in [-0.15, -0.1) is 5.10 Å². The number of hydrogen-bond donors (Lipinski definition) is 3. The van der Waals surface area contributed by atoms with Gasteiger partial charge in [0.1, 0.15) is 0 Å². The van der Waals surface area contributed by atoms with Crippen LogP contribution < -0.4 is 16.4 Å². The van der Waals surface area contributed by atoms with E-state index in [1.54, 1.807) is 0 Å². The molecule has 2 aromatic rings. The molecule has 2 amide bonds. The van der Waals surface area contributed by atoms with Crippen LogP contribution in [0, 0.1) is 11.8 Å². The molecule has 1 aromatic heterocycles. The Kier molecular flexibility index (Phi) is 8.13. The summed E-state index contributed by atoms with van der Waals surface area (Å²) in [5, 5.41) is 11.0. The zero-order chi connectivity index (χ0) is 25.8. The summed E-state index contributed by atoms with van der Waals surface area (Å²) in [5.41, 5.74) is -0.818. The van der Waals surface area contributed by atoms with E-state index in [0.29, 0.717) is 12.8 Å². The Labute approximate surface area is 198 Å². The number of Topliss-reactive ketones (excluding diaryl/α,β-unsaturated/α-hetero) is 1. The second-order valence-corrected chi connectivity index (χ2v) is 9.02. The van der Waals surface area contributed by atoms with Gasteiger partial charge >= 0.3 is 11.9 Å². The number of benzene rings is 1. The van der Waals surface area contributed by atoms with Crippen LogP contribution in [0.15, 0.2) is 33.5 Å². The molecule has 0 saturated heterocycles. The standard InChI is InChI=1S/C23H27F3N4O5/c1-12(2)11-17(18(31)21-29-30-22(34)35-21)28-20(33)15-5-3-4-6-16(15)27-19(32)13-7-9-14(10-8-13)23(24,25)26/h7-10,12,15-17H,3-6,11H2,1-2H3,(H,27,32)(H,28,33)(H,30,34)/t15-,16+,17?/m1/s1. The first-order valence-electron chi connectivity index (χ1n) is 11.3. The molecule has 190 valence electrons. The van der Waals surface area contributed by atoms with Crippen molar-refractivity contribution in [2.24, 2.45) is 11.8 Å². The molecule has 12 heteroatoms. The fourth-order valence-electron chi connectivity index (χ4n) is 4.15. The summed E-state index contributed by atoms with van der Waals surface area (Å²) in [5.74, 6) is -3.62. The van der Waals surface area contributed by atoms with Gasteiger partial charge in [0.25, 0.3) is 11.8 Å². The van der Waals surface area contributed by atoms with Gasteiger partial charge < -0.3 is 15.1 Å². The molecule has 9 nitrogen and oxygen atoms in total. The summed E-state index contributed by atoms with van der Waals surface area (Å²) >= 11 is 0. The highest BCUT2D eigenvalue weighted by Crippen LogP contribution is 2.29. The van der Waals surface area contributed by atoms with Crippen LogP contribution in [-0.4, -0.2) is 39.9 Å². The number of carbonyl (C=O) groups excluding carboxylic acids is 3. The van der Waals surface area contributed by atoms with Crippen molar-refractivity contribution >= 4 is 17.6 Å². The van der Waals surface area contributed by atoms with Gasteiger partial charge in [-0.05, 0) is 49.4 Å². The van der Waals surface area contributed by atoms with Crippen molar-refractivity contribution in [3.8, 4) is 0 Å². The molecule has 1 saturated carbocycles. The van der Waals surface area contributed by atoms with Gasteiger partial charge in [-0.25, -0.2) is 9.89 Å². The predicted molar refractivity (Wildman–Crippen MR) is 117 cm³/mol. The van der Waals surface area contributed by atoms with Crippen molar-refractivity contribution in [3.63, 3.8) is 0 Å². The number of halogens is 3. The third kappa shape index (κ3) is 6.80. The molecule has 3 atom stereocenters. The quantitative estimate of drug-likeness (QED) is 0.481. The Morgan fingerprint density at radius 3 is 2.37 bits per heavy atom. The summed E-state index contributed by atoms with van der Waals surface area (Å²) in [6.07, 6.45) is -1.78. The van der Waals surface area contributed by atoms with Crippen molar-refractivity contribution in [1.82, 2.24) is 20.8 Å². The van der Waals surface area contributed by atoms with Crippen LogP contribution in [0.25, 0.3) is 0 Å². The number of carbonyl (C=O) groups is 3. The zero-order valence-electron chi connectivity index (χ0n) is 19.3. The van der Waals surface area contributed by atoms with Gasteiger partial charge in [-0.1, -0.05) is 26.7 Å². The average Bonchev–Trinajstić information content (AvgIpc) is 3.24. The first kappa shape index (κ1) is 26.2.